The van der Waals surface area contributed by atoms with Crippen molar-refractivity contribution in [2.45, 2.75) is 16.7 Å². The van der Waals surface area contributed by atoms with Gasteiger partial charge in [0, 0.05) is 11.4 Å². The van der Waals surface area contributed by atoms with Crippen LogP contribution in [0.15, 0.2) is 107 Å². The predicted molar refractivity (Wildman–Crippen MR) is 213 cm³/mol. The third-order valence-electron chi connectivity index (χ3n) is 8.36. The van der Waals surface area contributed by atoms with Crippen LogP contribution in [0.5, 0.6) is 0 Å². The second kappa shape index (κ2) is 15.0. The summed E-state index contributed by atoms with van der Waals surface area (Å²) in [4.78, 5) is 23.2. The summed E-state index contributed by atoms with van der Waals surface area (Å²) in [6, 6.07) is 13.5. The Morgan fingerprint density at radius 1 is 0.542 bits per heavy atom. The molecule has 0 saturated carbocycles. The molecule has 22 nitrogen and oxygen atoms in total. The Balaban J connectivity index is 1.19. The standard InChI is InChI=1S/C33H26N8O14S4/c1-15-8-20(6-7-25(15)39-41-31-27(59(53,54)55)12-17-10-22(57(47,48)49)14-24(35)29(17)33(31)43)38-36-18-2-4-19(5-3-18)37-40-30-26(58(50,51)52)11-16-9-21(56(44,45)46)13-23(34)28(16)32(30)42/h2-14,37,39H,34-35H2,1H3,(H,44,45,46)(H,47,48,49)(H,50,51,52)(H,53,54,55)/b38-36?,40-30+,41-31+. The van der Waals surface area contributed by atoms with E-state index >= 15 is 0 Å². The molecule has 6 rings (SSSR count). The van der Waals surface area contributed by atoms with Gasteiger partial charge < -0.3 is 11.5 Å². The van der Waals surface area contributed by atoms with Crippen molar-refractivity contribution in [1.29, 1.82) is 0 Å². The van der Waals surface area contributed by atoms with Gasteiger partial charge in [0.2, 0.25) is 11.6 Å². The molecule has 0 aliphatic heterocycles. The summed E-state index contributed by atoms with van der Waals surface area (Å²) in [6.07, 6.45) is 1.56. The highest BCUT2D eigenvalue weighted by atomic mass is 32.2. The summed E-state index contributed by atoms with van der Waals surface area (Å²) >= 11 is 0. The number of anilines is 4. The first-order chi connectivity index (χ1) is 27.3. The van der Waals surface area contributed by atoms with Crippen LogP contribution in [0.1, 0.15) is 37.4 Å². The van der Waals surface area contributed by atoms with Crippen molar-refractivity contribution >= 4 is 110 Å². The Bertz CT molecular complexity index is 3160. The fraction of sp³-hybridized carbons (Fsp3) is 0.0303. The van der Waals surface area contributed by atoms with Crippen LogP contribution >= 0.6 is 0 Å². The summed E-state index contributed by atoms with van der Waals surface area (Å²) in [7, 11) is -19.8. The zero-order valence-electron chi connectivity index (χ0n) is 29.5. The Hall–Kier alpha value is -6.52. The third kappa shape index (κ3) is 8.83. The normalized spacial score (nSPS) is 16.2. The number of azo groups is 1. The number of rotatable bonds is 10. The van der Waals surface area contributed by atoms with Gasteiger partial charge in [0.25, 0.3) is 40.5 Å². The number of Topliss-reactive ketones (excluding diaryl/α,β-unsaturated/α-hetero) is 2. The van der Waals surface area contributed by atoms with Gasteiger partial charge in [0.05, 0.1) is 43.7 Å². The van der Waals surface area contributed by atoms with Gasteiger partial charge in [-0.2, -0.15) is 54.1 Å². The van der Waals surface area contributed by atoms with Crippen molar-refractivity contribution in [3.8, 4) is 0 Å². The molecule has 4 aromatic carbocycles. The second-order valence-electron chi connectivity index (χ2n) is 12.4. The summed E-state index contributed by atoms with van der Waals surface area (Å²) in [5, 5.41) is 16.0. The van der Waals surface area contributed by atoms with E-state index in [-0.39, 0.29) is 33.6 Å². The molecule has 306 valence electrons. The maximum absolute atomic E-state index is 13.3. The van der Waals surface area contributed by atoms with Crippen molar-refractivity contribution in [2.75, 3.05) is 22.3 Å². The second-order valence-corrected chi connectivity index (χ2v) is 18.0. The summed E-state index contributed by atoms with van der Waals surface area (Å²) < 4.78 is 134. The van der Waals surface area contributed by atoms with E-state index in [0.29, 0.717) is 16.9 Å². The minimum absolute atomic E-state index is 0.213. The molecule has 59 heavy (non-hydrogen) atoms. The number of hydrogen-bond donors (Lipinski definition) is 8. The number of nitrogens with zero attached hydrogens (tertiary/aromatic N) is 4. The SMILES string of the molecule is Cc1cc(N=Nc2ccc(N/N=C3/C(=O)c4c(N)cc(S(=O)(=O)O)cc4C=C3S(=O)(=O)O)cc2)ccc1N/N=C1/C(=O)c2c(N)cc(S(=O)(=O)O)cc2C=C1S(=O)(=O)O. The van der Waals surface area contributed by atoms with Crippen molar-refractivity contribution < 1.29 is 61.5 Å². The van der Waals surface area contributed by atoms with Crippen LogP contribution in [-0.2, 0) is 40.5 Å². The summed E-state index contributed by atoms with van der Waals surface area (Å²) in [5.41, 5.74) is 14.7. The van der Waals surface area contributed by atoms with Crippen molar-refractivity contribution in [3.05, 3.63) is 104 Å². The lowest BCUT2D eigenvalue weighted by Crippen LogP contribution is -2.28. The Labute approximate surface area is 333 Å². The topological polar surface area (TPSA) is 377 Å². The highest BCUT2D eigenvalue weighted by Crippen LogP contribution is 2.34. The van der Waals surface area contributed by atoms with E-state index in [2.05, 4.69) is 31.3 Å². The van der Waals surface area contributed by atoms with Crippen LogP contribution < -0.4 is 22.3 Å². The monoisotopic (exact) mass is 886 g/mol. The number of aryl methyl sites for hydroxylation is 1. The van der Waals surface area contributed by atoms with Gasteiger partial charge in [-0.3, -0.25) is 38.7 Å². The van der Waals surface area contributed by atoms with Crippen LogP contribution in [-0.4, -0.2) is 74.9 Å². The number of nitrogens with one attached hydrogen (secondary N) is 2. The third-order valence-corrected chi connectivity index (χ3v) is 11.8. The Kier molecular flexibility index (Phi) is 10.7. The van der Waals surface area contributed by atoms with E-state index in [9.17, 15) is 61.5 Å². The lowest BCUT2D eigenvalue weighted by molar-refractivity contribution is 0.105. The van der Waals surface area contributed by atoms with Gasteiger partial charge in [-0.05, 0) is 102 Å². The molecule has 0 heterocycles. The molecule has 0 atom stereocenters. The number of fused-ring (bicyclic) bond motifs is 2. The minimum atomic E-state index is -5.10. The molecule has 0 saturated heterocycles. The van der Waals surface area contributed by atoms with Crippen molar-refractivity contribution in [1.82, 2.24) is 0 Å². The minimum Gasteiger partial charge on any atom is -0.398 e. The van der Waals surface area contributed by atoms with Crippen LogP contribution in [0.4, 0.5) is 34.1 Å². The van der Waals surface area contributed by atoms with Crippen LogP contribution in [0.2, 0.25) is 0 Å². The fourth-order valence-electron chi connectivity index (χ4n) is 5.64. The van der Waals surface area contributed by atoms with Gasteiger partial charge in [0.1, 0.15) is 9.81 Å². The zero-order valence-corrected chi connectivity index (χ0v) is 32.7. The molecule has 10 N–H and O–H groups in total. The summed E-state index contributed by atoms with van der Waals surface area (Å²) in [6.45, 7) is 1.61. The molecule has 0 radical (unpaired) electrons. The maximum Gasteiger partial charge on any atom is 0.296 e. The number of nitrogens with two attached hydrogens (primary N) is 2. The zero-order chi connectivity index (χ0) is 43.4. The van der Waals surface area contributed by atoms with Gasteiger partial charge in [-0.25, -0.2) is 0 Å². The highest BCUT2D eigenvalue weighted by Gasteiger charge is 2.36. The molecule has 2 aliphatic carbocycles. The molecule has 0 amide bonds. The number of nitrogen functional groups attached to an aromatic ring is 2. The maximum atomic E-state index is 13.3. The van der Waals surface area contributed by atoms with Gasteiger partial charge >= 0.3 is 0 Å². The molecule has 0 bridgehead atoms. The average molecular weight is 887 g/mol. The molecule has 0 spiro atoms. The summed E-state index contributed by atoms with van der Waals surface area (Å²) in [5.74, 6) is -2.15. The molecule has 0 fully saturated rings. The van der Waals surface area contributed by atoms with E-state index in [1.165, 1.54) is 36.4 Å². The molecule has 0 aromatic heterocycles. The highest BCUT2D eigenvalue weighted by molar-refractivity contribution is 7.91. The van der Waals surface area contributed by atoms with E-state index in [4.69, 9.17) is 11.5 Å². The van der Waals surface area contributed by atoms with E-state index in [1.54, 1.807) is 13.0 Å². The van der Waals surface area contributed by atoms with Gasteiger partial charge in [0.15, 0.2) is 11.4 Å². The van der Waals surface area contributed by atoms with Crippen LogP contribution in [0.25, 0.3) is 12.2 Å². The van der Waals surface area contributed by atoms with Gasteiger partial charge in [-0.15, -0.1) is 0 Å². The number of hydrazone groups is 2. The van der Waals surface area contributed by atoms with E-state index in [0.717, 1.165) is 36.4 Å². The lowest BCUT2D eigenvalue weighted by Gasteiger charge is -2.18. The first-order valence-corrected chi connectivity index (χ1v) is 21.7. The average Bonchev–Trinajstić information content (AvgIpc) is 3.12. The number of benzene rings is 4. The number of ketones is 2. The lowest BCUT2D eigenvalue weighted by atomic mass is 9.93. The van der Waals surface area contributed by atoms with Crippen LogP contribution in [0.3, 0.4) is 0 Å². The number of carbonyl (C=O) groups excluding carboxylic acids is 2. The Morgan fingerprint density at radius 2 is 0.966 bits per heavy atom. The molecular weight excluding hydrogens is 861 g/mol. The van der Waals surface area contributed by atoms with E-state index < -0.39 is 94.4 Å². The first kappa shape index (κ1) is 42.1. The fourth-order valence-corrected chi connectivity index (χ4v) is 8.06. The number of allylic oxidation sites excluding steroid dienone is 2. The van der Waals surface area contributed by atoms with Crippen molar-refractivity contribution in [2.24, 2.45) is 20.4 Å². The van der Waals surface area contributed by atoms with Crippen molar-refractivity contribution in [3.63, 3.8) is 0 Å². The molecule has 2 aliphatic rings. The molecule has 4 aromatic rings. The predicted octanol–water partition coefficient (Wildman–Crippen LogP) is 3.85. The Morgan fingerprint density at radius 3 is 1.39 bits per heavy atom. The number of carbonyl (C=O) groups is 2. The largest absolute Gasteiger partial charge is 0.398 e. The van der Waals surface area contributed by atoms with E-state index in [1.807, 2.05) is 0 Å². The smallest absolute Gasteiger partial charge is 0.296 e. The quantitative estimate of drug-likeness (QED) is 0.0485. The number of hydrogen-bond acceptors (Lipinski definition) is 18. The molecule has 0 unspecified atom stereocenters. The molecule has 26 heteroatoms. The van der Waals surface area contributed by atoms with Crippen LogP contribution in [0, 0.1) is 6.92 Å². The van der Waals surface area contributed by atoms with Gasteiger partial charge in [-0.1, -0.05) is 0 Å². The molecular formula is C33H26N8O14S4. The first-order valence-electron chi connectivity index (χ1n) is 15.9.